The van der Waals surface area contributed by atoms with E-state index in [1.54, 1.807) is 0 Å². The van der Waals surface area contributed by atoms with E-state index in [4.69, 9.17) is 9.47 Å². The van der Waals surface area contributed by atoms with Crippen molar-refractivity contribution in [1.29, 1.82) is 0 Å². The van der Waals surface area contributed by atoms with E-state index in [9.17, 15) is 9.59 Å². The van der Waals surface area contributed by atoms with Crippen molar-refractivity contribution in [3.8, 4) is 0 Å². The van der Waals surface area contributed by atoms with Crippen LogP contribution in [0.3, 0.4) is 0 Å². The lowest BCUT2D eigenvalue weighted by molar-refractivity contribution is -0.140. The molecule has 0 bridgehead atoms. The molecule has 0 unspecified atom stereocenters. The van der Waals surface area contributed by atoms with Crippen LogP contribution in [0.5, 0.6) is 0 Å². The van der Waals surface area contributed by atoms with Gasteiger partial charge in [-0.15, -0.1) is 0 Å². The van der Waals surface area contributed by atoms with Crippen LogP contribution in [0, 0.1) is 0 Å². The van der Waals surface area contributed by atoms with Crippen LogP contribution in [0.15, 0.2) is 0 Å². The Hall–Kier alpha value is -1.18. The highest BCUT2D eigenvalue weighted by atomic mass is 16.5. The summed E-state index contributed by atoms with van der Waals surface area (Å²) in [6.45, 7) is 8.47. The molecule has 2 aliphatic rings. The van der Waals surface area contributed by atoms with Crippen molar-refractivity contribution in [2.24, 2.45) is 0 Å². The van der Waals surface area contributed by atoms with E-state index in [2.05, 4.69) is 17.1 Å². The molecule has 0 saturated carbocycles. The molecule has 0 radical (unpaired) electrons. The number of nitrogens with zero attached hydrogens (tertiary/aromatic N) is 2. The third kappa shape index (κ3) is 6.37. The van der Waals surface area contributed by atoms with Crippen LogP contribution in [0.4, 0.5) is 0 Å². The molecule has 7 heteroatoms. The fourth-order valence-corrected chi connectivity index (χ4v) is 3.03. The van der Waals surface area contributed by atoms with E-state index in [1.807, 2.05) is 4.90 Å². The Morgan fingerprint density at radius 1 is 1.29 bits per heavy atom. The van der Waals surface area contributed by atoms with Crippen LogP contribution in [0.2, 0.25) is 0 Å². The van der Waals surface area contributed by atoms with E-state index >= 15 is 0 Å². The van der Waals surface area contributed by atoms with Gasteiger partial charge in [-0.2, -0.15) is 0 Å². The third-order valence-corrected chi connectivity index (χ3v) is 4.53. The number of hydrogen-bond acceptors (Lipinski definition) is 5. The lowest BCUT2D eigenvalue weighted by Crippen LogP contribution is -2.54. The molecule has 2 heterocycles. The second kappa shape index (κ2) is 10.6. The molecule has 0 aliphatic carbocycles. The standard InChI is InChI=1S/C17H31N3O4/c1-2-3-11-24-14-16(21)18-15-5-4-6-20(17(15)22)8-7-19-9-12-23-13-10-19/h15H,2-14H2,1H3,(H,18,21)/t15-/m1/s1. The molecule has 7 nitrogen and oxygen atoms in total. The molecule has 0 aromatic heterocycles. The molecule has 1 N–H and O–H groups in total. The van der Waals surface area contributed by atoms with Crippen molar-refractivity contribution >= 4 is 11.8 Å². The Balaban J connectivity index is 1.69. The first-order chi connectivity index (χ1) is 11.7. The number of likely N-dealkylation sites (tertiary alicyclic amines) is 1. The van der Waals surface area contributed by atoms with Crippen LogP contribution < -0.4 is 5.32 Å². The number of rotatable bonds is 9. The first-order valence-corrected chi connectivity index (χ1v) is 9.16. The number of nitrogens with one attached hydrogen (secondary N) is 1. The topological polar surface area (TPSA) is 71.1 Å². The lowest BCUT2D eigenvalue weighted by atomic mass is 10.0. The van der Waals surface area contributed by atoms with Crippen molar-refractivity contribution in [2.45, 2.75) is 38.6 Å². The Labute approximate surface area is 144 Å². The van der Waals surface area contributed by atoms with Crippen molar-refractivity contribution in [2.75, 3.05) is 59.2 Å². The zero-order valence-corrected chi connectivity index (χ0v) is 14.8. The summed E-state index contributed by atoms with van der Waals surface area (Å²) in [5, 5.41) is 2.82. The summed E-state index contributed by atoms with van der Waals surface area (Å²) in [4.78, 5) is 28.6. The summed E-state index contributed by atoms with van der Waals surface area (Å²) in [5.41, 5.74) is 0. The van der Waals surface area contributed by atoms with Crippen molar-refractivity contribution in [3.63, 3.8) is 0 Å². The summed E-state index contributed by atoms with van der Waals surface area (Å²) in [5.74, 6) is -0.157. The quantitative estimate of drug-likeness (QED) is 0.609. The van der Waals surface area contributed by atoms with Crippen LogP contribution in [0.25, 0.3) is 0 Å². The molecule has 1 atom stereocenters. The van der Waals surface area contributed by atoms with E-state index in [-0.39, 0.29) is 18.4 Å². The van der Waals surface area contributed by atoms with E-state index in [1.165, 1.54) is 0 Å². The minimum atomic E-state index is -0.397. The molecule has 138 valence electrons. The summed E-state index contributed by atoms with van der Waals surface area (Å²) in [6, 6.07) is -0.397. The predicted octanol–water partition coefficient (Wildman–Crippen LogP) is 0.243. The van der Waals surface area contributed by atoms with Gasteiger partial charge in [-0.05, 0) is 19.3 Å². The lowest BCUT2D eigenvalue weighted by Gasteiger charge is -2.35. The van der Waals surface area contributed by atoms with Crippen molar-refractivity contribution < 1.29 is 19.1 Å². The van der Waals surface area contributed by atoms with Crippen LogP contribution in [-0.4, -0.2) is 86.8 Å². The minimum Gasteiger partial charge on any atom is -0.379 e. The maximum atomic E-state index is 12.5. The highest BCUT2D eigenvalue weighted by Gasteiger charge is 2.29. The maximum Gasteiger partial charge on any atom is 0.246 e. The molecule has 0 aromatic carbocycles. The van der Waals surface area contributed by atoms with Crippen LogP contribution in [0.1, 0.15) is 32.6 Å². The minimum absolute atomic E-state index is 0.0383. The summed E-state index contributed by atoms with van der Waals surface area (Å²) in [6.07, 6.45) is 3.63. The smallest absolute Gasteiger partial charge is 0.246 e. The number of carbonyl (C=O) groups is 2. The average Bonchev–Trinajstić information content (AvgIpc) is 2.60. The monoisotopic (exact) mass is 341 g/mol. The SMILES string of the molecule is CCCCOCC(=O)N[C@@H]1CCCN(CCN2CCOCC2)C1=O. The second-order valence-corrected chi connectivity index (χ2v) is 6.45. The number of hydrogen-bond donors (Lipinski definition) is 1. The molecule has 0 aromatic rings. The van der Waals surface area contributed by atoms with Gasteiger partial charge in [0.15, 0.2) is 0 Å². The molecule has 2 rings (SSSR count). The van der Waals surface area contributed by atoms with Crippen LogP contribution in [-0.2, 0) is 19.1 Å². The predicted molar refractivity (Wildman–Crippen MR) is 90.7 cm³/mol. The fraction of sp³-hybridized carbons (Fsp3) is 0.882. The highest BCUT2D eigenvalue weighted by Crippen LogP contribution is 2.12. The highest BCUT2D eigenvalue weighted by molar-refractivity contribution is 5.88. The summed E-state index contributed by atoms with van der Waals surface area (Å²) in [7, 11) is 0. The van der Waals surface area contributed by atoms with Gasteiger partial charge in [0, 0.05) is 39.3 Å². The molecular weight excluding hydrogens is 310 g/mol. The van der Waals surface area contributed by atoms with E-state index in [0.717, 1.165) is 65.2 Å². The van der Waals surface area contributed by atoms with E-state index in [0.29, 0.717) is 13.0 Å². The van der Waals surface area contributed by atoms with Gasteiger partial charge in [-0.3, -0.25) is 14.5 Å². The van der Waals surface area contributed by atoms with Gasteiger partial charge in [-0.1, -0.05) is 13.3 Å². The molecule has 2 fully saturated rings. The zero-order valence-electron chi connectivity index (χ0n) is 14.8. The molecule has 2 saturated heterocycles. The van der Waals surface area contributed by atoms with Gasteiger partial charge in [0.1, 0.15) is 12.6 Å². The zero-order chi connectivity index (χ0) is 17.2. The van der Waals surface area contributed by atoms with Crippen LogP contribution >= 0.6 is 0 Å². The fourth-order valence-electron chi connectivity index (χ4n) is 3.03. The van der Waals surface area contributed by atoms with Gasteiger partial charge in [0.05, 0.1) is 13.2 Å². The number of amides is 2. The molecule has 0 spiro atoms. The largest absolute Gasteiger partial charge is 0.379 e. The normalized spacial score (nSPS) is 22.6. The molecule has 2 aliphatic heterocycles. The average molecular weight is 341 g/mol. The Morgan fingerprint density at radius 3 is 2.83 bits per heavy atom. The first kappa shape index (κ1) is 19.1. The maximum absolute atomic E-state index is 12.5. The Bertz CT molecular complexity index is 399. The summed E-state index contributed by atoms with van der Waals surface area (Å²) >= 11 is 0. The Morgan fingerprint density at radius 2 is 2.08 bits per heavy atom. The molecule has 2 amide bonds. The Kier molecular flexibility index (Phi) is 8.49. The molecular formula is C17H31N3O4. The van der Waals surface area contributed by atoms with Crippen molar-refractivity contribution in [3.05, 3.63) is 0 Å². The first-order valence-electron chi connectivity index (χ1n) is 9.16. The molecule has 24 heavy (non-hydrogen) atoms. The van der Waals surface area contributed by atoms with Gasteiger partial charge in [0.25, 0.3) is 0 Å². The van der Waals surface area contributed by atoms with E-state index < -0.39 is 6.04 Å². The summed E-state index contributed by atoms with van der Waals surface area (Å²) < 4.78 is 10.7. The van der Waals surface area contributed by atoms with Gasteiger partial charge in [-0.25, -0.2) is 0 Å². The number of piperidine rings is 1. The number of morpholine rings is 1. The second-order valence-electron chi connectivity index (χ2n) is 6.45. The third-order valence-electron chi connectivity index (χ3n) is 4.53. The van der Waals surface area contributed by atoms with Gasteiger partial charge < -0.3 is 19.7 Å². The van der Waals surface area contributed by atoms with Gasteiger partial charge in [0.2, 0.25) is 11.8 Å². The van der Waals surface area contributed by atoms with Gasteiger partial charge >= 0.3 is 0 Å². The number of ether oxygens (including phenoxy) is 2. The number of unbranched alkanes of at least 4 members (excludes halogenated alkanes) is 1. The number of carbonyl (C=O) groups excluding carboxylic acids is 2. The van der Waals surface area contributed by atoms with Crippen molar-refractivity contribution in [1.82, 2.24) is 15.1 Å².